The van der Waals surface area contributed by atoms with Crippen molar-refractivity contribution < 1.29 is 14.0 Å². The minimum Gasteiger partial charge on any atom is -0.357 e. The third-order valence-corrected chi connectivity index (χ3v) is 6.93. The predicted octanol–water partition coefficient (Wildman–Crippen LogP) is 6.79. The first kappa shape index (κ1) is 22.4. The molecule has 0 fully saturated rings. The number of nitrogens with one attached hydrogen (secondary N) is 1. The van der Waals surface area contributed by atoms with Gasteiger partial charge in [0.25, 0.3) is 0 Å². The number of carbonyl (C=O) groups excluding carboxylic acids is 2. The number of fused-ring (bicyclic) bond motifs is 1. The van der Waals surface area contributed by atoms with Gasteiger partial charge in [0.05, 0.1) is 17.4 Å². The van der Waals surface area contributed by atoms with E-state index < -0.39 is 11.9 Å². The van der Waals surface area contributed by atoms with E-state index in [0.717, 1.165) is 5.56 Å². The van der Waals surface area contributed by atoms with Gasteiger partial charge >= 0.3 is 0 Å². The Morgan fingerprint density at radius 1 is 1.03 bits per heavy atom. The topological polar surface area (TPSA) is 49.4 Å². The van der Waals surface area contributed by atoms with Gasteiger partial charge in [-0.15, -0.1) is 0 Å². The van der Waals surface area contributed by atoms with E-state index in [9.17, 15) is 9.59 Å². The van der Waals surface area contributed by atoms with Crippen LogP contribution >= 0.6 is 11.6 Å². The Balaban J connectivity index is 1.76. The lowest BCUT2D eigenvalue weighted by Crippen LogP contribution is -2.38. The standard InChI is InChI=1S/C28H24ClFN2O2/c1-2-25(34)32-23-14-7-6-13-21(23)31-22-15-18(17-9-4-3-5-10-17)16-24(33)27(22)28(32)26-19(29)11-8-12-20(26)30/h3-14,18,28,31H,2,15-16H2,1H3/t18-,28+/m0/s1. The summed E-state index contributed by atoms with van der Waals surface area (Å²) in [5, 5.41) is 3.62. The van der Waals surface area contributed by atoms with Crippen molar-refractivity contribution in [1.29, 1.82) is 0 Å². The molecule has 1 aliphatic carbocycles. The molecule has 0 saturated heterocycles. The molecule has 6 heteroatoms. The molecule has 0 bridgehead atoms. The van der Waals surface area contributed by atoms with E-state index in [2.05, 4.69) is 5.32 Å². The number of halogens is 2. The average Bonchev–Trinajstić information content (AvgIpc) is 2.98. The monoisotopic (exact) mass is 474 g/mol. The van der Waals surface area contributed by atoms with Crippen LogP contribution in [0.5, 0.6) is 0 Å². The first-order valence-corrected chi connectivity index (χ1v) is 11.8. The quantitative estimate of drug-likeness (QED) is 0.454. The zero-order chi connectivity index (χ0) is 23.8. The summed E-state index contributed by atoms with van der Waals surface area (Å²) in [5.41, 5.74) is 3.61. The first-order valence-electron chi connectivity index (χ1n) is 11.4. The predicted molar refractivity (Wildman–Crippen MR) is 132 cm³/mol. The van der Waals surface area contributed by atoms with Crippen LogP contribution in [0.15, 0.2) is 84.1 Å². The maximum absolute atomic E-state index is 15.3. The lowest BCUT2D eigenvalue weighted by atomic mass is 9.78. The van der Waals surface area contributed by atoms with E-state index in [1.165, 1.54) is 17.0 Å². The number of rotatable bonds is 3. The summed E-state index contributed by atoms with van der Waals surface area (Å²) >= 11 is 6.53. The highest BCUT2D eigenvalue weighted by atomic mass is 35.5. The molecule has 2 aliphatic rings. The summed E-state index contributed by atoms with van der Waals surface area (Å²) in [4.78, 5) is 28.7. The molecule has 34 heavy (non-hydrogen) atoms. The molecule has 1 heterocycles. The van der Waals surface area contributed by atoms with Crippen molar-refractivity contribution in [2.24, 2.45) is 0 Å². The van der Waals surface area contributed by atoms with Gasteiger partial charge in [0, 0.05) is 34.7 Å². The number of ketones is 1. The highest BCUT2D eigenvalue weighted by Crippen LogP contribution is 2.49. The Labute approximate surface area is 203 Å². The van der Waals surface area contributed by atoms with Crippen molar-refractivity contribution in [2.75, 3.05) is 10.2 Å². The number of hydrogen-bond acceptors (Lipinski definition) is 3. The third-order valence-electron chi connectivity index (χ3n) is 6.60. The van der Waals surface area contributed by atoms with Crippen molar-refractivity contribution in [3.05, 3.63) is 106 Å². The van der Waals surface area contributed by atoms with E-state index in [1.54, 1.807) is 13.0 Å². The number of amides is 1. The lowest BCUT2D eigenvalue weighted by molar-refractivity contribution is -0.119. The van der Waals surface area contributed by atoms with Crippen LogP contribution in [0.25, 0.3) is 0 Å². The molecule has 0 saturated carbocycles. The molecular formula is C28H24ClFN2O2. The number of Topliss-reactive ketones (excluding diaryl/α,β-unsaturated/α-hetero) is 1. The van der Waals surface area contributed by atoms with Gasteiger partial charge in [0.2, 0.25) is 5.91 Å². The number of nitrogens with zero attached hydrogens (tertiary/aromatic N) is 1. The first-order chi connectivity index (χ1) is 16.5. The zero-order valence-electron chi connectivity index (χ0n) is 18.7. The van der Waals surface area contributed by atoms with Crippen LogP contribution in [0, 0.1) is 5.82 Å². The van der Waals surface area contributed by atoms with E-state index in [0.29, 0.717) is 29.1 Å². The lowest BCUT2D eigenvalue weighted by Gasteiger charge is -2.35. The Morgan fingerprint density at radius 3 is 2.50 bits per heavy atom. The molecule has 0 unspecified atom stereocenters. The molecule has 1 N–H and O–H groups in total. The Bertz CT molecular complexity index is 1280. The van der Waals surface area contributed by atoms with Crippen LogP contribution in [0.1, 0.15) is 49.3 Å². The van der Waals surface area contributed by atoms with Crippen molar-refractivity contribution in [3.63, 3.8) is 0 Å². The van der Waals surface area contributed by atoms with Crippen LogP contribution in [0.3, 0.4) is 0 Å². The second-order valence-electron chi connectivity index (χ2n) is 8.63. The van der Waals surface area contributed by atoms with Gasteiger partial charge in [-0.2, -0.15) is 0 Å². The highest BCUT2D eigenvalue weighted by Gasteiger charge is 2.42. The van der Waals surface area contributed by atoms with Crippen LogP contribution in [0.2, 0.25) is 5.02 Å². The summed E-state index contributed by atoms with van der Waals surface area (Å²) in [6.45, 7) is 1.76. The maximum Gasteiger partial charge on any atom is 0.227 e. The molecule has 0 radical (unpaired) electrons. The van der Waals surface area contributed by atoms with Gasteiger partial charge in [0.1, 0.15) is 5.82 Å². The second-order valence-corrected chi connectivity index (χ2v) is 9.04. The van der Waals surface area contributed by atoms with Gasteiger partial charge in [-0.1, -0.05) is 67.1 Å². The Morgan fingerprint density at radius 2 is 1.76 bits per heavy atom. The molecule has 5 rings (SSSR count). The van der Waals surface area contributed by atoms with Crippen molar-refractivity contribution in [2.45, 2.75) is 38.1 Å². The molecule has 3 aromatic rings. The normalized spacial score (nSPS) is 19.7. The summed E-state index contributed by atoms with van der Waals surface area (Å²) in [6.07, 6.45) is 1.04. The van der Waals surface area contributed by atoms with Crippen LogP contribution in [-0.4, -0.2) is 11.7 Å². The van der Waals surface area contributed by atoms with Crippen molar-refractivity contribution in [1.82, 2.24) is 0 Å². The number of anilines is 2. The molecule has 4 nitrogen and oxygen atoms in total. The van der Waals surface area contributed by atoms with Gasteiger partial charge in [0.15, 0.2) is 5.78 Å². The molecule has 1 amide bonds. The maximum atomic E-state index is 15.3. The van der Waals surface area contributed by atoms with Crippen molar-refractivity contribution in [3.8, 4) is 0 Å². The largest absolute Gasteiger partial charge is 0.357 e. The average molecular weight is 475 g/mol. The van der Waals surface area contributed by atoms with Gasteiger partial charge in [-0.05, 0) is 42.2 Å². The minimum atomic E-state index is -0.962. The zero-order valence-corrected chi connectivity index (χ0v) is 19.5. The highest BCUT2D eigenvalue weighted by molar-refractivity contribution is 6.31. The molecule has 1 aliphatic heterocycles. The molecule has 2 atom stereocenters. The van der Waals surface area contributed by atoms with Gasteiger partial charge in [-0.25, -0.2) is 4.39 Å². The fraction of sp³-hybridized carbons (Fsp3) is 0.214. The van der Waals surface area contributed by atoms with Crippen molar-refractivity contribution >= 4 is 34.7 Å². The van der Waals surface area contributed by atoms with Gasteiger partial charge in [-0.3, -0.25) is 14.5 Å². The van der Waals surface area contributed by atoms with E-state index >= 15 is 4.39 Å². The summed E-state index contributed by atoms with van der Waals surface area (Å²) in [5.74, 6) is -0.896. The SMILES string of the molecule is CCC(=O)N1c2ccccc2NC2=C(C(=O)C[C@@H](c3ccccc3)C2)[C@H]1c1c(F)cccc1Cl. The number of allylic oxidation sites excluding steroid dienone is 1. The number of carbonyl (C=O) groups is 2. The van der Waals surface area contributed by atoms with E-state index in [1.807, 2.05) is 54.6 Å². The van der Waals surface area contributed by atoms with Crippen LogP contribution in [0.4, 0.5) is 15.8 Å². The smallest absolute Gasteiger partial charge is 0.227 e. The molecular weight excluding hydrogens is 451 g/mol. The fourth-order valence-electron chi connectivity index (χ4n) is 5.04. The summed E-state index contributed by atoms with van der Waals surface area (Å²) in [7, 11) is 0. The molecule has 0 spiro atoms. The Kier molecular flexibility index (Phi) is 5.96. The molecule has 3 aromatic carbocycles. The Hall–Kier alpha value is -3.44. The summed E-state index contributed by atoms with van der Waals surface area (Å²) < 4.78 is 15.3. The van der Waals surface area contributed by atoms with Crippen LogP contribution in [-0.2, 0) is 9.59 Å². The fourth-order valence-corrected chi connectivity index (χ4v) is 5.31. The third kappa shape index (κ3) is 3.80. The second kappa shape index (κ2) is 9.07. The van der Waals surface area contributed by atoms with Gasteiger partial charge < -0.3 is 5.32 Å². The van der Waals surface area contributed by atoms with E-state index in [-0.39, 0.29) is 41.0 Å². The molecule has 172 valence electrons. The molecule has 0 aromatic heterocycles. The van der Waals surface area contributed by atoms with Crippen LogP contribution < -0.4 is 10.2 Å². The summed E-state index contributed by atoms with van der Waals surface area (Å²) in [6, 6.07) is 20.8. The van der Waals surface area contributed by atoms with E-state index in [4.69, 9.17) is 11.6 Å². The number of para-hydroxylation sites is 2. The number of benzene rings is 3. The minimum absolute atomic E-state index is 0.0164. The number of hydrogen-bond donors (Lipinski definition) is 1.